The van der Waals surface area contributed by atoms with Gasteiger partial charge in [-0.2, -0.15) is 0 Å². The van der Waals surface area contributed by atoms with Gasteiger partial charge in [-0.05, 0) is 17.7 Å². The first-order chi connectivity index (χ1) is 7.45. The van der Waals surface area contributed by atoms with Gasteiger partial charge in [-0.1, -0.05) is 15.9 Å². The van der Waals surface area contributed by atoms with Crippen LogP contribution in [0.3, 0.4) is 0 Å². The maximum atomic E-state index is 12.9. The number of aliphatic hydroxyl groups is 1. The Bertz CT molecular complexity index is 409. The number of ether oxygens (including phenoxy) is 1. The Labute approximate surface area is 99.2 Å². The van der Waals surface area contributed by atoms with E-state index in [0.717, 1.165) is 19.2 Å². The van der Waals surface area contributed by atoms with E-state index in [9.17, 15) is 18.7 Å². The maximum absolute atomic E-state index is 12.9. The minimum absolute atomic E-state index is 0.148. The van der Waals surface area contributed by atoms with Crippen LogP contribution in [0, 0.1) is 11.6 Å². The van der Waals surface area contributed by atoms with Crippen LogP contribution in [0.2, 0.25) is 0 Å². The number of hydrogen-bond acceptors (Lipinski definition) is 3. The van der Waals surface area contributed by atoms with Gasteiger partial charge in [0.1, 0.15) is 0 Å². The number of halogens is 3. The number of methoxy groups -OCH3 is 1. The van der Waals surface area contributed by atoms with E-state index in [1.807, 2.05) is 0 Å². The van der Waals surface area contributed by atoms with Crippen molar-refractivity contribution in [3.8, 4) is 0 Å². The van der Waals surface area contributed by atoms with Crippen molar-refractivity contribution in [2.24, 2.45) is 0 Å². The lowest BCUT2D eigenvalue weighted by molar-refractivity contribution is -0.150. The zero-order valence-corrected chi connectivity index (χ0v) is 9.92. The van der Waals surface area contributed by atoms with Crippen molar-refractivity contribution in [3.05, 3.63) is 33.8 Å². The van der Waals surface area contributed by atoms with Crippen LogP contribution >= 0.6 is 15.9 Å². The fourth-order valence-electron chi connectivity index (χ4n) is 1.15. The van der Waals surface area contributed by atoms with Crippen LogP contribution in [0.15, 0.2) is 16.6 Å². The van der Waals surface area contributed by atoms with E-state index in [0.29, 0.717) is 0 Å². The second-order valence-electron chi connectivity index (χ2n) is 3.10. The summed E-state index contributed by atoms with van der Waals surface area (Å²) in [5.74, 6) is -2.85. The zero-order valence-electron chi connectivity index (χ0n) is 8.34. The van der Waals surface area contributed by atoms with Crippen molar-refractivity contribution in [1.29, 1.82) is 0 Å². The average molecular weight is 295 g/mol. The molecule has 0 saturated carbocycles. The molecule has 0 saturated heterocycles. The number of carbonyl (C=O) groups excluding carboxylic acids is 1. The van der Waals surface area contributed by atoms with Crippen LogP contribution in [-0.2, 0) is 16.0 Å². The molecule has 1 N–H and O–H groups in total. The highest BCUT2D eigenvalue weighted by molar-refractivity contribution is 9.10. The summed E-state index contributed by atoms with van der Waals surface area (Å²) < 4.78 is 30.3. The fraction of sp³-hybridized carbons (Fsp3) is 0.300. The van der Waals surface area contributed by atoms with E-state index in [-0.39, 0.29) is 16.5 Å². The molecule has 0 aromatic heterocycles. The van der Waals surface area contributed by atoms with Crippen LogP contribution in [0.5, 0.6) is 0 Å². The summed E-state index contributed by atoms with van der Waals surface area (Å²) in [6, 6.07) is 1.86. The summed E-state index contributed by atoms with van der Waals surface area (Å²) in [4.78, 5) is 10.9. The molecule has 0 spiro atoms. The molecule has 1 atom stereocenters. The summed E-state index contributed by atoms with van der Waals surface area (Å²) in [6.07, 6.45) is -1.55. The molecule has 88 valence electrons. The van der Waals surface area contributed by atoms with Crippen LogP contribution in [0.4, 0.5) is 8.78 Å². The van der Waals surface area contributed by atoms with Gasteiger partial charge in [0.2, 0.25) is 0 Å². The minimum Gasteiger partial charge on any atom is -0.467 e. The zero-order chi connectivity index (χ0) is 12.3. The number of hydrogen-bond donors (Lipinski definition) is 1. The lowest BCUT2D eigenvalue weighted by Gasteiger charge is -2.10. The Kier molecular flexibility index (Phi) is 4.37. The van der Waals surface area contributed by atoms with Gasteiger partial charge in [0.25, 0.3) is 0 Å². The van der Waals surface area contributed by atoms with Crippen molar-refractivity contribution in [2.75, 3.05) is 7.11 Å². The van der Waals surface area contributed by atoms with Crippen molar-refractivity contribution in [3.63, 3.8) is 0 Å². The number of benzene rings is 1. The third-order valence-corrected chi connectivity index (χ3v) is 2.71. The van der Waals surface area contributed by atoms with Crippen molar-refractivity contribution < 1.29 is 23.4 Å². The molecule has 0 radical (unpaired) electrons. The molecule has 1 aromatic rings. The maximum Gasteiger partial charge on any atom is 0.335 e. The van der Waals surface area contributed by atoms with Gasteiger partial charge in [-0.3, -0.25) is 0 Å². The largest absolute Gasteiger partial charge is 0.467 e. The molecule has 1 rings (SSSR count). The van der Waals surface area contributed by atoms with Gasteiger partial charge < -0.3 is 9.84 Å². The van der Waals surface area contributed by atoms with Crippen molar-refractivity contribution in [1.82, 2.24) is 0 Å². The molecule has 1 aromatic carbocycles. The number of aliphatic hydroxyl groups excluding tert-OH is 1. The molecule has 3 nitrogen and oxygen atoms in total. The highest BCUT2D eigenvalue weighted by Crippen LogP contribution is 2.22. The standard InChI is InChI=1S/C10H9BrF2O3/c1-16-10(15)9(14)3-5-2-7(12)8(13)4-6(5)11/h2,4,9,14H,3H2,1H3. The number of esters is 1. The fourth-order valence-corrected chi connectivity index (χ4v) is 1.63. The first kappa shape index (κ1) is 13.1. The highest BCUT2D eigenvalue weighted by Gasteiger charge is 2.18. The van der Waals surface area contributed by atoms with Gasteiger partial charge in [0.05, 0.1) is 7.11 Å². The molecular formula is C10H9BrF2O3. The lowest BCUT2D eigenvalue weighted by Crippen LogP contribution is -2.24. The van der Waals surface area contributed by atoms with Crippen molar-refractivity contribution in [2.45, 2.75) is 12.5 Å². The Hall–Kier alpha value is -1.01. The molecule has 0 aliphatic rings. The number of rotatable bonds is 3. The SMILES string of the molecule is COC(=O)C(O)Cc1cc(F)c(F)cc1Br. The normalized spacial score (nSPS) is 12.3. The topological polar surface area (TPSA) is 46.5 Å². The summed E-state index contributed by atoms with van der Waals surface area (Å²) in [7, 11) is 1.13. The monoisotopic (exact) mass is 294 g/mol. The lowest BCUT2D eigenvalue weighted by atomic mass is 10.1. The third-order valence-electron chi connectivity index (χ3n) is 1.98. The van der Waals surface area contributed by atoms with Gasteiger partial charge >= 0.3 is 5.97 Å². The second-order valence-corrected chi connectivity index (χ2v) is 3.96. The molecule has 16 heavy (non-hydrogen) atoms. The van der Waals surface area contributed by atoms with Crippen LogP contribution in [0.25, 0.3) is 0 Å². The molecule has 6 heteroatoms. The Morgan fingerprint density at radius 2 is 2.06 bits per heavy atom. The molecular weight excluding hydrogens is 286 g/mol. The Morgan fingerprint density at radius 1 is 1.50 bits per heavy atom. The highest BCUT2D eigenvalue weighted by atomic mass is 79.9. The number of carbonyl (C=O) groups is 1. The minimum atomic E-state index is -1.40. The summed E-state index contributed by atoms with van der Waals surface area (Å²) >= 11 is 3.01. The molecule has 0 aliphatic carbocycles. The van der Waals surface area contributed by atoms with Crippen LogP contribution in [0.1, 0.15) is 5.56 Å². The van der Waals surface area contributed by atoms with E-state index in [2.05, 4.69) is 20.7 Å². The second kappa shape index (κ2) is 5.36. The molecule has 0 aliphatic heterocycles. The quantitative estimate of drug-likeness (QED) is 0.683. The first-order valence-corrected chi connectivity index (χ1v) is 5.14. The molecule has 0 amide bonds. The van der Waals surface area contributed by atoms with Crippen molar-refractivity contribution >= 4 is 21.9 Å². The van der Waals surface area contributed by atoms with E-state index in [1.165, 1.54) is 0 Å². The summed E-state index contributed by atoms with van der Waals surface area (Å²) in [6.45, 7) is 0. The van der Waals surface area contributed by atoms with Gasteiger partial charge in [0, 0.05) is 10.9 Å². The van der Waals surface area contributed by atoms with E-state index in [4.69, 9.17) is 0 Å². The van der Waals surface area contributed by atoms with E-state index in [1.54, 1.807) is 0 Å². The molecule has 0 heterocycles. The van der Waals surface area contributed by atoms with E-state index >= 15 is 0 Å². The summed E-state index contributed by atoms with van der Waals surface area (Å²) in [5.41, 5.74) is 0.289. The Balaban J connectivity index is 2.89. The molecule has 1 unspecified atom stereocenters. The van der Waals surface area contributed by atoms with Gasteiger partial charge in [-0.15, -0.1) is 0 Å². The van der Waals surface area contributed by atoms with E-state index < -0.39 is 23.7 Å². The van der Waals surface area contributed by atoms with Gasteiger partial charge in [-0.25, -0.2) is 13.6 Å². The third kappa shape index (κ3) is 2.99. The molecule has 0 bridgehead atoms. The first-order valence-electron chi connectivity index (χ1n) is 4.35. The van der Waals surface area contributed by atoms with Gasteiger partial charge in [0.15, 0.2) is 17.7 Å². The Morgan fingerprint density at radius 3 is 2.62 bits per heavy atom. The van der Waals surface area contributed by atoms with Crippen LogP contribution in [-0.4, -0.2) is 24.3 Å². The summed E-state index contributed by atoms with van der Waals surface area (Å²) in [5, 5.41) is 9.34. The predicted molar refractivity (Wildman–Crippen MR) is 55.8 cm³/mol. The smallest absolute Gasteiger partial charge is 0.335 e. The average Bonchev–Trinajstić information content (AvgIpc) is 2.24. The molecule has 0 fully saturated rings. The van der Waals surface area contributed by atoms with Crippen LogP contribution < -0.4 is 0 Å². The predicted octanol–water partition coefficient (Wildman–Crippen LogP) is 1.80.